The quantitative estimate of drug-likeness (QED) is 0.485. The first-order valence-corrected chi connectivity index (χ1v) is 13.6. The zero-order valence-corrected chi connectivity index (χ0v) is 22.8. The summed E-state index contributed by atoms with van der Waals surface area (Å²) in [6.45, 7) is 6.97. The molecule has 1 saturated heterocycles. The summed E-state index contributed by atoms with van der Waals surface area (Å²) < 4.78 is 5.35. The van der Waals surface area contributed by atoms with Gasteiger partial charge in [-0.15, -0.1) is 0 Å². The van der Waals surface area contributed by atoms with Crippen molar-refractivity contribution in [2.75, 3.05) is 46.9 Å². The molecule has 4 rings (SSSR count). The van der Waals surface area contributed by atoms with E-state index in [1.54, 1.807) is 4.90 Å². The van der Waals surface area contributed by atoms with Crippen molar-refractivity contribution in [3.05, 3.63) is 40.0 Å². The van der Waals surface area contributed by atoms with Gasteiger partial charge in [-0.3, -0.25) is 9.78 Å². The predicted molar refractivity (Wildman–Crippen MR) is 144 cm³/mol. The highest BCUT2D eigenvalue weighted by molar-refractivity contribution is 6.36. The van der Waals surface area contributed by atoms with Crippen LogP contribution < -0.4 is 0 Å². The minimum atomic E-state index is -0.291. The van der Waals surface area contributed by atoms with Crippen molar-refractivity contribution in [2.24, 2.45) is 5.92 Å². The molecular weight excluding hydrogens is 476 g/mol. The summed E-state index contributed by atoms with van der Waals surface area (Å²) in [5, 5.41) is 1.69. The van der Waals surface area contributed by atoms with Gasteiger partial charge >= 0.3 is 6.09 Å². The number of hydrogen-bond acceptors (Lipinski definition) is 5. The normalized spacial score (nSPS) is 20.1. The van der Waals surface area contributed by atoms with E-state index in [-0.39, 0.29) is 18.0 Å². The van der Waals surface area contributed by atoms with Crippen molar-refractivity contribution in [1.82, 2.24) is 19.7 Å². The van der Waals surface area contributed by atoms with E-state index in [4.69, 9.17) is 21.3 Å². The number of aromatic nitrogens is 1. The highest BCUT2D eigenvalue weighted by atomic mass is 35.5. The first-order chi connectivity index (χ1) is 17.3. The summed E-state index contributed by atoms with van der Waals surface area (Å²) in [5.74, 6) is 0.569. The SMILES string of the molecule is CCCCOC(=O)N1CCN(C(=O)c2ccc3c(Cl)c4c(nc3c2)CC(CCN(C)C)CC4)[C@H](C)C1. The molecule has 1 fully saturated rings. The molecule has 196 valence electrons. The number of nitrogens with zero attached hydrogens (tertiary/aromatic N) is 4. The molecule has 0 spiro atoms. The monoisotopic (exact) mass is 514 g/mol. The van der Waals surface area contributed by atoms with Gasteiger partial charge in [0, 0.05) is 42.3 Å². The van der Waals surface area contributed by atoms with E-state index in [0.717, 1.165) is 66.7 Å². The van der Waals surface area contributed by atoms with E-state index in [9.17, 15) is 9.59 Å². The summed E-state index contributed by atoms with van der Waals surface area (Å²) >= 11 is 6.84. The fraction of sp³-hybridized carbons (Fsp3) is 0.607. The number of pyridine rings is 1. The van der Waals surface area contributed by atoms with Crippen LogP contribution in [0.5, 0.6) is 0 Å². The Labute approximate surface area is 219 Å². The molecule has 2 heterocycles. The molecule has 0 saturated carbocycles. The molecule has 2 aromatic rings. The maximum atomic E-state index is 13.4. The van der Waals surface area contributed by atoms with E-state index in [1.165, 1.54) is 5.56 Å². The summed E-state index contributed by atoms with van der Waals surface area (Å²) in [6, 6.07) is 5.57. The van der Waals surface area contributed by atoms with Crippen molar-refractivity contribution in [1.29, 1.82) is 0 Å². The molecule has 1 aliphatic carbocycles. The number of amides is 2. The lowest BCUT2D eigenvalue weighted by Crippen LogP contribution is -2.55. The van der Waals surface area contributed by atoms with Crippen LogP contribution >= 0.6 is 11.6 Å². The molecule has 0 radical (unpaired) electrons. The van der Waals surface area contributed by atoms with Gasteiger partial charge in [0.05, 0.1) is 17.1 Å². The summed E-state index contributed by atoms with van der Waals surface area (Å²) in [5.41, 5.74) is 3.64. The van der Waals surface area contributed by atoms with E-state index >= 15 is 0 Å². The van der Waals surface area contributed by atoms with Gasteiger partial charge in [-0.25, -0.2) is 4.79 Å². The van der Waals surface area contributed by atoms with Crippen molar-refractivity contribution in [3.63, 3.8) is 0 Å². The van der Waals surface area contributed by atoms with Crippen molar-refractivity contribution in [3.8, 4) is 0 Å². The summed E-state index contributed by atoms with van der Waals surface area (Å²) in [6.07, 6.45) is 5.74. The van der Waals surface area contributed by atoms with E-state index < -0.39 is 0 Å². The first-order valence-electron chi connectivity index (χ1n) is 13.3. The summed E-state index contributed by atoms with van der Waals surface area (Å²) in [4.78, 5) is 36.5. The minimum Gasteiger partial charge on any atom is -0.449 e. The maximum Gasteiger partial charge on any atom is 0.409 e. The second kappa shape index (κ2) is 11.8. The molecule has 0 N–H and O–H groups in total. The second-order valence-electron chi connectivity index (χ2n) is 10.5. The van der Waals surface area contributed by atoms with Crippen molar-refractivity contribution >= 4 is 34.5 Å². The number of halogens is 1. The Balaban J connectivity index is 1.47. The van der Waals surface area contributed by atoms with E-state index in [2.05, 4.69) is 25.9 Å². The Bertz CT molecular complexity index is 1110. The lowest BCUT2D eigenvalue weighted by atomic mass is 9.84. The Morgan fingerprint density at radius 1 is 1.25 bits per heavy atom. The highest BCUT2D eigenvalue weighted by Crippen LogP contribution is 2.36. The molecular formula is C28H39ClN4O3. The molecule has 1 unspecified atom stereocenters. The lowest BCUT2D eigenvalue weighted by molar-refractivity contribution is 0.0411. The number of ether oxygens (including phenoxy) is 1. The third-order valence-electron chi connectivity index (χ3n) is 7.49. The standard InChI is InChI=1S/C28H39ClN4O3/c1-5-6-15-36-28(35)32-13-14-33(19(2)18-32)27(34)21-8-10-23-25(17-21)30-24-16-20(11-12-31(3)4)7-9-22(24)26(23)29/h8,10,17,19-20H,5-7,9,11-16,18H2,1-4H3/t19-,20?/m1/s1. The molecule has 1 aliphatic heterocycles. The average Bonchev–Trinajstić information content (AvgIpc) is 2.86. The molecule has 2 atom stereocenters. The Morgan fingerprint density at radius 3 is 2.78 bits per heavy atom. The van der Waals surface area contributed by atoms with Crippen LogP contribution in [-0.4, -0.2) is 84.6 Å². The van der Waals surface area contributed by atoms with Crippen LogP contribution in [0.1, 0.15) is 61.1 Å². The number of carbonyl (C=O) groups is 2. The van der Waals surface area contributed by atoms with Gasteiger partial charge in [0.15, 0.2) is 0 Å². The fourth-order valence-corrected chi connectivity index (χ4v) is 5.63. The molecule has 8 heteroatoms. The smallest absolute Gasteiger partial charge is 0.409 e. The largest absolute Gasteiger partial charge is 0.449 e. The third-order valence-corrected chi connectivity index (χ3v) is 7.92. The van der Waals surface area contributed by atoms with Gasteiger partial charge in [0.1, 0.15) is 0 Å². The Hall–Kier alpha value is -2.38. The fourth-order valence-electron chi connectivity index (χ4n) is 5.26. The molecule has 1 aromatic heterocycles. The van der Waals surface area contributed by atoms with E-state index in [1.807, 2.05) is 30.0 Å². The molecule has 1 aromatic carbocycles. The zero-order valence-electron chi connectivity index (χ0n) is 22.1. The average molecular weight is 515 g/mol. The van der Waals surface area contributed by atoms with E-state index in [0.29, 0.717) is 37.7 Å². The van der Waals surface area contributed by atoms with Gasteiger partial charge in [-0.1, -0.05) is 31.0 Å². The Morgan fingerprint density at radius 2 is 2.06 bits per heavy atom. The van der Waals surface area contributed by atoms with Crippen LogP contribution in [0.2, 0.25) is 5.02 Å². The first kappa shape index (κ1) is 26.7. The second-order valence-corrected chi connectivity index (χ2v) is 10.9. The van der Waals surface area contributed by atoms with Gasteiger partial charge in [0.25, 0.3) is 5.91 Å². The number of piperazine rings is 1. The van der Waals surface area contributed by atoms with Gasteiger partial charge < -0.3 is 19.4 Å². The van der Waals surface area contributed by atoms with Crippen LogP contribution in [0, 0.1) is 5.92 Å². The van der Waals surface area contributed by atoms with Gasteiger partial charge in [-0.2, -0.15) is 0 Å². The van der Waals surface area contributed by atoms with Crippen molar-refractivity contribution in [2.45, 2.75) is 58.4 Å². The van der Waals surface area contributed by atoms with Crippen LogP contribution in [0.4, 0.5) is 4.79 Å². The highest BCUT2D eigenvalue weighted by Gasteiger charge is 2.31. The molecule has 0 bridgehead atoms. The summed E-state index contributed by atoms with van der Waals surface area (Å²) in [7, 11) is 4.22. The number of unbranched alkanes of at least 4 members (excludes halogenated alkanes) is 1. The minimum absolute atomic E-state index is 0.0390. The molecule has 7 nitrogen and oxygen atoms in total. The zero-order chi connectivity index (χ0) is 25.8. The van der Waals surface area contributed by atoms with Gasteiger partial charge in [0.2, 0.25) is 0 Å². The van der Waals surface area contributed by atoms with Crippen LogP contribution in [0.15, 0.2) is 18.2 Å². The number of carbonyl (C=O) groups excluding carboxylic acids is 2. The predicted octanol–water partition coefficient (Wildman–Crippen LogP) is 5.03. The maximum absolute atomic E-state index is 13.4. The number of fused-ring (bicyclic) bond motifs is 2. The molecule has 2 amide bonds. The molecule has 36 heavy (non-hydrogen) atoms. The Kier molecular flexibility index (Phi) is 8.73. The molecule has 2 aliphatic rings. The van der Waals surface area contributed by atoms with Crippen LogP contribution in [-0.2, 0) is 17.6 Å². The third kappa shape index (κ3) is 5.94. The van der Waals surface area contributed by atoms with Crippen LogP contribution in [0.25, 0.3) is 10.9 Å². The van der Waals surface area contributed by atoms with Crippen LogP contribution in [0.3, 0.4) is 0 Å². The topological polar surface area (TPSA) is 66.0 Å². The number of benzene rings is 1. The number of rotatable bonds is 7. The number of hydrogen-bond donors (Lipinski definition) is 0. The van der Waals surface area contributed by atoms with Crippen molar-refractivity contribution < 1.29 is 14.3 Å². The van der Waals surface area contributed by atoms with Gasteiger partial charge in [-0.05, 0) is 83.3 Å². The lowest BCUT2D eigenvalue weighted by Gasteiger charge is -2.39.